The average molecular weight is 229 g/mol. The molecule has 0 fully saturated rings. The van der Waals surface area contributed by atoms with Crippen LogP contribution in [0.15, 0.2) is 30.5 Å². The van der Waals surface area contributed by atoms with Crippen LogP contribution in [-0.4, -0.2) is 4.98 Å². The van der Waals surface area contributed by atoms with Gasteiger partial charge in [0.25, 0.3) is 0 Å². The maximum absolute atomic E-state index is 5.66. The molecule has 54 valence electrons. The van der Waals surface area contributed by atoms with Crippen molar-refractivity contribution in [3.63, 3.8) is 0 Å². The quantitative estimate of drug-likeness (QED) is 0.446. The van der Waals surface area contributed by atoms with Crippen molar-refractivity contribution in [1.29, 1.82) is 0 Å². The molecule has 2 nitrogen and oxygen atoms in total. The molecule has 1 heterocycles. The number of nitrogen functional groups attached to an aromatic ring is 1. The average Bonchev–Trinajstić information content (AvgIpc) is 2.06. The molecule has 0 atom stereocenters. The number of hydrogen-bond donors (Lipinski definition) is 1. The van der Waals surface area contributed by atoms with Gasteiger partial charge in [-0.25, -0.2) is 0 Å². The van der Waals surface area contributed by atoms with Crippen LogP contribution in [0.5, 0.6) is 0 Å². The van der Waals surface area contributed by atoms with Crippen LogP contribution < -0.4 is 63.9 Å². The Bertz CT molecular complexity index is 382. The number of fused-ring (bicyclic) bond motifs is 1. The number of nitrogens with two attached hydrogens (primary N) is 1. The predicted molar refractivity (Wildman–Crippen MR) is 45.0 cm³/mol. The van der Waals surface area contributed by atoms with Crippen molar-refractivity contribution >= 4 is 16.6 Å². The minimum absolute atomic E-state index is 0. The van der Waals surface area contributed by atoms with E-state index in [2.05, 4.69) is 11.1 Å². The zero-order valence-electron chi connectivity index (χ0n) is 6.91. The van der Waals surface area contributed by atoms with Crippen LogP contribution in [0.1, 0.15) is 0 Å². The summed E-state index contributed by atoms with van der Waals surface area (Å²) < 4.78 is 0. The molecule has 0 aliphatic heterocycles. The van der Waals surface area contributed by atoms with E-state index in [0.717, 1.165) is 10.9 Å². The van der Waals surface area contributed by atoms with Crippen molar-refractivity contribution in [1.82, 2.24) is 4.98 Å². The monoisotopic (exact) mass is 228 g/mol. The number of benzene rings is 1. The summed E-state index contributed by atoms with van der Waals surface area (Å²) in [4.78, 5) is 4.14. The largest absolute Gasteiger partial charge is 1.00 e. The molecule has 0 radical (unpaired) electrons. The Hall–Kier alpha value is 0.235. The Balaban J connectivity index is 0.000000720. The summed E-state index contributed by atoms with van der Waals surface area (Å²) in [6, 6.07) is 10.4. The molecule has 1 aromatic carbocycles. The SMILES string of the molecule is Nc1c[c-]cc2cccnc12.[Rb+]. The Morgan fingerprint density at radius 3 is 2.92 bits per heavy atom. The van der Waals surface area contributed by atoms with Gasteiger partial charge < -0.3 is 5.73 Å². The molecule has 0 spiro atoms. The van der Waals surface area contributed by atoms with Crippen molar-refractivity contribution < 1.29 is 58.2 Å². The first-order valence-corrected chi connectivity index (χ1v) is 3.38. The fourth-order valence-corrected chi connectivity index (χ4v) is 1.06. The molecule has 0 saturated carbocycles. The van der Waals surface area contributed by atoms with Crippen LogP contribution in [0.2, 0.25) is 0 Å². The normalized spacial score (nSPS) is 9.33. The van der Waals surface area contributed by atoms with E-state index in [0.29, 0.717) is 5.69 Å². The third-order valence-electron chi connectivity index (χ3n) is 1.59. The molecule has 0 unspecified atom stereocenters. The fourth-order valence-electron chi connectivity index (χ4n) is 1.06. The van der Waals surface area contributed by atoms with Gasteiger partial charge >= 0.3 is 58.2 Å². The van der Waals surface area contributed by atoms with Crippen molar-refractivity contribution in [2.45, 2.75) is 0 Å². The van der Waals surface area contributed by atoms with Crippen molar-refractivity contribution in [2.24, 2.45) is 0 Å². The zero-order chi connectivity index (χ0) is 7.68. The molecule has 0 bridgehead atoms. The Morgan fingerprint density at radius 1 is 1.33 bits per heavy atom. The second-order valence-electron chi connectivity index (χ2n) is 2.35. The van der Waals surface area contributed by atoms with E-state index in [1.165, 1.54) is 0 Å². The fraction of sp³-hybridized carbons (Fsp3) is 0. The standard InChI is InChI=1S/C9H7N2.Rb/c10-8-5-1-3-7-4-2-6-11-9(7)8;/h2-6H,10H2;/q-1;+1. The molecule has 2 rings (SSSR count). The van der Waals surface area contributed by atoms with Gasteiger partial charge in [-0.05, 0) is 5.52 Å². The minimum atomic E-state index is 0. The molecular weight excluding hydrogens is 222 g/mol. The first-order chi connectivity index (χ1) is 5.38. The molecule has 0 saturated heterocycles. The Morgan fingerprint density at radius 2 is 2.17 bits per heavy atom. The van der Waals surface area contributed by atoms with Crippen molar-refractivity contribution in [3.05, 3.63) is 36.5 Å². The third-order valence-corrected chi connectivity index (χ3v) is 1.59. The molecule has 0 aliphatic carbocycles. The van der Waals surface area contributed by atoms with Gasteiger partial charge in [-0.2, -0.15) is 18.2 Å². The predicted octanol–water partition coefficient (Wildman–Crippen LogP) is -1.38. The van der Waals surface area contributed by atoms with E-state index < -0.39 is 0 Å². The summed E-state index contributed by atoms with van der Waals surface area (Å²) >= 11 is 0. The molecule has 0 aliphatic rings. The number of pyridine rings is 1. The zero-order valence-corrected chi connectivity index (χ0v) is 11.8. The maximum atomic E-state index is 5.66. The van der Waals surface area contributed by atoms with Crippen LogP contribution in [0, 0.1) is 6.07 Å². The second kappa shape index (κ2) is 4.47. The van der Waals surface area contributed by atoms with Crippen molar-refractivity contribution in [3.8, 4) is 0 Å². The third kappa shape index (κ3) is 1.94. The van der Waals surface area contributed by atoms with Crippen LogP contribution >= 0.6 is 0 Å². The first kappa shape index (κ1) is 10.3. The van der Waals surface area contributed by atoms with Gasteiger partial charge in [0, 0.05) is 6.20 Å². The Labute approximate surface area is 120 Å². The number of aromatic nitrogens is 1. The molecular formula is C9H7N2Rb. The van der Waals surface area contributed by atoms with E-state index >= 15 is 0 Å². The maximum Gasteiger partial charge on any atom is 1.00 e. The molecule has 2 aromatic rings. The van der Waals surface area contributed by atoms with Crippen LogP contribution in [0.3, 0.4) is 0 Å². The minimum Gasteiger partial charge on any atom is -0.448 e. The van der Waals surface area contributed by atoms with Crippen LogP contribution in [-0.2, 0) is 0 Å². The van der Waals surface area contributed by atoms with Crippen LogP contribution in [0.4, 0.5) is 5.69 Å². The van der Waals surface area contributed by atoms with Gasteiger partial charge in [0.05, 0.1) is 0 Å². The van der Waals surface area contributed by atoms with Gasteiger partial charge in [0.1, 0.15) is 0 Å². The number of nitrogens with zero attached hydrogens (tertiary/aromatic N) is 1. The van der Waals surface area contributed by atoms with Gasteiger partial charge in [-0.3, -0.25) is 4.98 Å². The van der Waals surface area contributed by atoms with E-state index in [4.69, 9.17) is 5.73 Å². The summed E-state index contributed by atoms with van der Waals surface area (Å²) in [6.45, 7) is 0. The van der Waals surface area contributed by atoms with Gasteiger partial charge in [0.15, 0.2) is 0 Å². The molecule has 0 amide bonds. The van der Waals surface area contributed by atoms with E-state index in [1.807, 2.05) is 18.2 Å². The van der Waals surface area contributed by atoms with Crippen LogP contribution in [0.25, 0.3) is 10.9 Å². The van der Waals surface area contributed by atoms with Gasteiger partial charge in [-0.15, -0.1) is 11.5 Å². The first-order valence-electron chi connectivity index (χ1n) is 3.38. The van der Waals surface area contributed by atoms with E-state index in [9.17, 15) is 0 Å². The second-order valence-corrected chi connectivity index (χ2v) is 2.35. The smallest absolute Gasteiger partial charge is 0.448 e. The Kier molecular flexibility index (Phi) is 3.84. The number of hydrogen-bond acceptors (Lipinski definition) is 2. The summed E-state index contributed by atoms with van der Waals surface area (Å²) in [7, 11) is 0. The molecule has 2 N–H and O–H groups in total. The van der Waals surface area contributed by atoms with E-state index in [-0.39, 0.29) is 58.2 Å². The summed E-state index contributed by atoms with van der Waals surface area (Å²) in [6.07, 6.45) is 1.73. The van der Waals surface area contributed by atoms with E-state index in [1.54, 1.807) is 12.3 Å². The number of anilines is 1. The van der Waals surface area contributed by atoms with Gasteiger partial charge in [-0.1, -0.05) is 11.8 Å². The topological polar surface area (TPSA) is 38.9 Å². The molecule has 1 aromatic heterocycles. The van der Waals surface area contributed by atoms with Crippen molar-refractivity contribution in [2.75, 3.05) is 5.73 Å². The number of rotatable bonds is 0. The summed E-state index contributed by atoms with van der Waals surface area (Å²) in [5.74, 6) is 0. The molecule has 3 heteroatoms. The van der Waals surface area contributed by atoms with Gasteiger partial charge in [0.2, 0.25) is 0 Å². The molecule has 12 heavy (non-hydrogen) atoms. The summed E-state index contributed by atoms with van der Waals surface area (Å²) in [5, 5.41) is 1.03. The summed E-state index contributed by atoms with van der Waals surface area (Å²) in [5.41, 5.74) is 7.20.